The van der Waals surface area contributed by atoms with E-state index in [1.807, 2.05) is 32.9 Å². The van der Waals surface area contributed by atoms with Crippen LogP contribution in [0.1, 0.15) is 36.7 Å². The second kappa shape index (κ2) is 7.78. The molecule has 0 saturated heterocycles. The van der Waals surface area contributed by atoms with Crippen molar-refractivity contribution in [2.75, 3.05) is 6.61 Å². The van der Waals surface area contributed by atoms with Crippen LogP contribution in [0, 0.1) is 12.8 Å². The Morgan fingerprint density at radius 1 is 1.10 bits per heavy atom. The van der Waals surface area contributed by atoms with Gasteiger partial charge >= 0.3 is 0 Å². The van der Waals surface area contributed by atoms with Crippen LogP contribution in [0.4, 0.5) is 0 Å². The fourth-order valence-corrected chi connectivity index (χ4v) is 1.84. The van der Waals surface area contributed by atoms with Crippen LogP contribution in [0.2, 0.25) is 0 Å². The summed E-state index contributed by atoms with van der Waals surface area (Å²) in [6.45, 7) is 7.24. The molecule has 0 aliphatic rings. The van der Waals surface area contributed by atoms with Crippen molar-refractivity contribution < 1.29 is 14.7 Å². The Morgan fingerprint density at radius 2 is 1.67 bits per heavy atom. The number of hydrogen-bond donors (Lipinski definition) is 3. The van der Waals surface area contributed by atoms with Crippen LogP contribution in [0.25, 0.3) is 0 Å². The monoisotopic (exact) mass is 292 g/mol. The highest BCUT2D eigenvalue weighted by atomic mass is 16.3. The first kappa shape index (κ1) is 17.2. The van der Waals surface area contributed by atoms with Gasteiger partial charge in [0, 0.05) is 11.6 Å². The molecule has 1 rings (SSSR count). The van der Waals surface area contributed by atoms with Gasteiger partial charge in [-0.25, -0.2) is 0 Å². The van der Waals surface area contributed by atoms with E-state index in [0.29, 0.717) is 5.56 Å². The van der Waals surface area contributed by atoms with Gasteiger partial charge in [-0.2, -0.15) is 0 Å². The van der Waals surface area contributed by atoms with Crippen molar-refractivity contribution in [2.24, 2.45) is 5.92 Å². The minimum atomic E-state index is -0.632. The van der Waals surface area contributed by atoms with E-state index in [4.69, 9.17) is 5.11 Å². The van der Waals surface area contributed by atoms with E-state index in [9.17, 15) is 9.59 Å². The summed E-state index contributed by atoms with van der Waals surface area (Å²) in [6.07, 6.45) is 0. The molecular weight excluding hydrogens is 268 g/mol. The predicted molar refractivity (Wildman–Crippen MR) is 82.0 cm³/mol. The lowest BCUT2D eigenvalue weighted by molar-refractivity contribution is -0.124. The number of aliphatic hydroxyl groups excluding tert-OH is 1. The van der Waals surface area contributed by atoms with Crippen molar-refractivity contribution in [2.45, 2.75) is 39.8 Å². The Morgan fingerprint density at radius 3 is 2.14 bits per heavy atom. The van der Waals surface area contributed by atoms with Gasteiger partial charge in [-0.15, -0.1) is 0 Å². The third-order valence-electron chi connectivity index (χ3n) is 3.21. The van der Waals surface area contributed by atoms with Gasteiger partial charge in [0.05, 0.1) is 6.61 Å². The molecule has 0 radical (unpaired) electrons. The average Bonchev–Trinajstić information content (AvgIpc) is 2.44. The molecule has 5 nitrogen and oxygen atoms in total. The minimum Gasteiger partial charge on any atom is -0.394 e. The lowest BCUT2D eigenvalue weighted by atomic mass is 10.0. The fourth-order valence-electron chi connectivity index (χ4n) is 1.84. The zero-order valence-electron chi connectivity index (χ0n) is 13.0. The normalized spacial score (nSPS) is 13.6. The molecule has 2 unspecified atom stereocenters. The zero-order chi connectivity index (χ0) is 16.0. The summed E-state index contributed by atoms with van der Waals surface area (Å²) in [5, 5.41) is 14.4. The van der Waals surface area contributed by atoms with Gasteiger partial charge in [-0.3, -0.25) is 9.59 Å². The van der Waals surface area contributed by atoms with Gasteiger partial charge in [0.2, 0.25) is 5.91 Å². The molecule has 2 amide bonds. The molecule has 21 heavy (non-hydrogen) atoms. The summed E-state index contributed by atoms with van der Waals surface area (Å²) in [7, 11) is 0. The molecule has 0 heterocycles. The third kappa shape index (κ3) is 5.19. The van der Waals surface area contributed by atoms with E-state index in [1.165, 1.54) is 0 Å². The van der Waals surface area contributed by atoms with E-state index in [-0.39, 0.29) is 30.4 Å². The SMILES string of the molecule is Cc1ccc(C(=O)NC(C(=O)NC(C)CO)C(C)C)cc1. The van der Waals surface area contributed by atoms with E-state index in [1.54, 1.807) is 19.1 Å². The van der Waals surface area contributed by atoms with Gasteiger partial charge in [-0.1, -0.05) is 31.5 Å². The van der Waals surface area contributed by atoms with Crippen LogP contribution in [0.5, 0.6) is 0 Å². The van der Waals surface area contributed by atoms with E-state index in [2.05, 4.69) is 10.6 Å². The van der Waals surface area contributed by atoms with E-state index in [0.717, 1.165) is 5.56 Å². The smallest absolute Gasteiger partial charge is 0.251 e. The van der Waals surface area contributed by atoms with Crippen LogP contribution in [0.15, 0.2) is 24.3 Å². The maximum Gasteiger partial charge on any atom is 0.251 e. The first-order valence-electron chi connectivity index (χ1n) is 7.14. The van der Waals surface area contributed by atoms with Crippen molar-refractivity contribution >= 4 is 11.8 Å². The Bertz CT molecular complexity index is 483. The molecule has 0 aromatic heterocycles. The largest absolute Gasteiger partial charge is 0.394 e. The summed E-state index contributed by atoms with van der Waals surface area (Å²) in [5.74, 6) is -0.613. The second-order valence-corrected chi connectivity index (χ2v) is 5.65. The number of rotatable bonds is 6. The Labute approximate surface area is 125 Å². The molecule has 1 aromatic carbocycles. The quantitative estimate of drug-likeness (QED) is 0.738. The van der Waals surface area contributed by atoms with Crippen LogP contribution in [-0.4, -0.2) is 35.6 Å². The summed E-state index contributed by atoms with van der Waals surface area (Å²) >= 11 is 0. The van der Waals surface area contributed by atoms with Gasteiger partial charge in [-0.05, 0) is 31.9 Å². The van der Waals surface area contributed by atoms with Crippen LogP contribution in [-0.2, 0) is 4.79 Å². The maximum absolute atomic E-state index is 12.2. The van der Waals surface area contributed by atoms with E-state index < -0.39 is 6.04 Å². The summed E-state index contributed by atoms with van der Waals surface area (Å²) in [6, 6.07) is 6.20. The number of carbonyl (C=O) groups is 2. The van der Waals surface area contributed by atoms with Crippen molar-refractivity contribution in [3.05, 3.63) is 35.4 Å². The molecule has 0 aliphatic heterocycles. The molecule has 0 aliphatic carbocycles. The number of carbonyl (C=O) groups excluding carboxylic acids is 2. The molecule has 0 fully saturated rings. The number of hydrogen-bond acceptors (Lipinski definition) is 3. The van der Waals surface area contributed by atoms with Gasteiger partial charge in [0.1, 0.15) is 6.04 Å². The minimum absolute atomic E-state index is 0.0507. The third-order valence-corrected chi connectivity index (χ3v) is 3.21. The second-order valence-electron chi connectivity index (χ2n) is 5.65. The van der Waals surface area contributed by atoms with Crippen LogP contribution < -0.4 is 10.6 Å². The highest BCUT2D eigenvalue weighted by molar-refractivity contribution is 5.97. The van der Waals surface area contributed by atoms with Crippen molar-refractivity contribution in [1.82, 2.24) is 10.6 Å². The lowest BCUT2D eigenvalue weighted by Crippen LogP contribution is -2.52. The summed E-state index contributed by atoms with van der Waals surface area (Å²) < 4.78 is 0. The zero-order valence-corrected chi connectivity index (χ0v) is 13.0. The number of nitrogens with one attached hydrogen (secondary N) is 2. The standard InChI is InChI=1S/C16H24N2O3/c1-10(2)14(16(21)17-12(4)9-19)18-15(20)13-7-5-11(3)6-8-13/h5-8,10,12,14,19H,9H2,1-4H3,(H,17,21)(H,18,20). The van der Waals surface area contributed by atoms with Gasteiger partial charge < -0.3 is 15.7 Å². The molecule has 1 aromatic rings. The summed E-state index contributed by atoms with van der Waals surface area (Å²) in [4.78, 5) is 24.3. The maximum atomic E-state index is 12.2. The first-order chi connectivity index (χ1) is 9.85. The van der Waals surface area contributed by atoms with E-state index >= 15 is 0 Å². The fraction of sp³-hybridized carbons (Fsp3) is 0.500. The summed E-state index contributed by atoms with van der Waals surface area (Å²) in [5.41, 5.74) is 1.59. The van der Waals surface area contributed by atoms with Crippen molar-refractivity contribution in [3.8, 4) is 0 Å². The lowest BCUT2D eigenvalue weighted by Gasteiger charge is -2.23. The molecule has 5 heteroatoms. The Hall–Kier alpha value is -1.88. The molecule has 2 atom stereocenters. The molecule has 116 valence electrons. The predicted octanol–water partition coefficient (Wildman–Crippen LogP) is 1.25. The molecule has 0 spiro atoms. The number of aliphatic hydroxyl groups is 1. The van der Waals surface area contributed by atoms with Crippen molar-refractivity contribution in [3.63, 3.8) is 0 Å². The molecule has 3 N–H and O–H groups in total. The van der Waals surface area contributed by atoms with Gasteiger partial charge in [0.15, 0.2) is 0 Å². The van der Waals surface area contributed by atoms with Gasteiger partial charge in [0.25, 0.3) is 5.91 Å². The average molecular weight is 292 g/mol. The first-order valence-corrected chi connectivity index (χ1v) is 7.14. The van der Waals surface area contributed by atoms with Crippen LogP contribution in [0.3, 0.4) is 0 Å². The molecule has 0 saturated carbocycles. The Balaban J connectivity index is 2.76. The van der Waals surface area contributed by atoms with Crippen LogP contribution >= 0.6 is 0 Å². The number of amides is 2. The number of benzene rings is 1. The topological polar surface area (TPSA) is 78.4 Å². The molecular formula is C16H24N2O3. The Kier molecular flexibility index (Phi) is 6.37. The molecule has 0 bridgehead atoms. The highest BCUT2D eigenvalue weighted by Gasteiger charge is 2.25. The van der Waals surface area contributed by atoms with Crippen molar-refractivity contribution in [1.29, 1.82) is 0 Å². The highest BCUT2D eigenvalue weighted by Crippen LogP contribution is 2.07. The number of aryl methyl sites for hydroxylation is 1.